The van der Waals surface area contributed by atoms with Gasteiger partial charge in [-0.25, -0.2) is 8.42 Å². The lowest BCUT2D eigenvalue weighted by atomic mass is 10.1. The van der Waals surface area contributed by atoms with Gasteiger partial charge in [0.15, 0.2) is 9.84 Å². The van der Waals surface area contributed by atoms with E-state index < -0.39 is 27.7 Å². The summed E-state index contributed by atoms with van der Waals surface area (Å²) in [4.78, 5) is 40.5. The van der Waals surface area contributed by atoms with E-state index in [2.05, 4.69) is 0 Å². The molecule has 0 aromatic heterocycles. The number of sulfone groups is 1. The van der Waals surface area contributed by atoms with Gasteiger partial charge >= 0.3 is 0 Å². The fourth-order valence-electron chi connectivity index (χ4n) is 3.36. The average Bonchev–Trinajstić information content (AvgIpc) is 3.06. The molecule has 1 fully saturated rings. The van der Waals surface area contributed by atoms with Gasteiger partial charge in [-0.2, -0.15) is 0 Å². The van der Waals surface area contributed by atoms with Crippen molar-refractivity contribution >= 4 is 27.6 Å². The van der Waals surface area contributed by atoms with Gasteiger partial charge in [-0.15, -0.1) is 0 Å². The van der Waals surface area contributed by atoms with Gasteiger partial charge in [0.25, 0.3) is 11.8 Å². The summed E-state index contributed by atoms with van der Waals surface area (Å²) in [5.41, 5.74) is 1.05. The lowest BCUT2D eigenvalue weighted by Gasteiger charge is -2.23. The molecular weight excluding hydrogens is 420 g/mol. The number of likely N-dealkylation sites (tertiary alicyclic amines) is 1. The highest BCUT2D eigenvalue weighted by Crippen LogP contribution is 2.22. The highest BCUT2D eigenvalue weighted by atomic mass is 32.2. The van der Waals surface area contributed by atoms with Crippen LogP contribution >= 0.6 is 0 Å². The van der Waals surface area contributed by atoms with E-state index in [1.54, 1.807) is 0 Å². The van der Waals surface area contributed by atoms with Gasteiger partial charge < -0.3 is 9.64 Å². The van der Waals surface area contributed by atoms with Crippen molar-refractivity contribution < 1.29 is 27.5 Å². The molecule has 164 valence electrons. The zero-order chi connectivity index (χ0) is 22.6. The second kappa shape index (κ2) is 9.40. The molecule has 1 aliphatic rings. The van der Waals surface area contributed by atoms with Crippen LogP contribution in [-0.2, 0) is 30.7 Å². The Bertz CT molecular complexity index is 1070. The van der Waals surface area contributed by atoms with E-state index in [0.717, 1.165) is 10.5 Å². The quantitative estimate of drug-likeness (QED) is 0.572. The lowest BCUT2D eigenvalue weighted by Crippen LogP contribution is -2.42. The molecule has 0 radical (unpaired) electrons. The summed E-state index contributed by atoms with van der Waals surface area (Å²) < 4.78 is 29.2. The summed E-state index contributed by atoms with van der Waals surface area (Å²) in [6.07, 6.45) is -0.0859. The third-order valence-corrected chi connectivity index (χ3v) is 6.90. The van der Waals surface area contributed by atoms with Crippen LogP contribution in [0.25, 0.3) is 0 Å². The topological polar surface area (TPSA) is 101 Å². The van der Waals surface area contributed by atoms with Crippen molar-refractivity contribution in [2.45, 2.75) is 23.9 Å². The number of benzene rings is 2. The number of nitrogens with zero attached hydrogens (tertiary/aromatic N) is 2. The van der Waals surface area contributed by atoms with Gasteiger partial charge in [0.1, 0.15) is 6.04 Å². The number of ether oxygens (including phenoxy) is 1. The first kappa shape index (κ1) is 22.6. The first-order chi connectivity index (χ1) is 14.7. The predicted octanol–water partition coefficient (Wildman–Crippen LogP) is 1.51. The molecule has 1 atom stereocenters. The van der Waals surface area contributed by atoms with Crippen LogP contribution in [0.2, 0.25) is 0 Å². The Morgan fingerprint density at radius 1 is 1.10 bits per heavy atom. The molecule has 2 aromatic carbocycles. The number of methoxy groups -OCH3 is 1. The Morgan fingerprint density at radius 3 is 2.35 bits per heavy atom. The van der Waals surface area contributed by atoms with Crippen LogP contribution in [0.5, 0.6) is 0 Å². The number of hydrogen-bond acceptors (Lipinski definition) is 6. The molecule has 2 aromatic rings. The number of hydrogen-bond donors (Lipinski definition) is 0. The Balaban J connectivity index is 1.71. The number of imide groups is 1. The zero-order valence-electron chi connectivity index (χ0n) is 17.4. The fraction of sp³-hybridized carbons (Fsp3) is 0.318. The number of likely N-dealkylation sites (N-methyl/N-ethyl adjacent to an activating group) is 1. The predicted molar refractivity (Wildman–Crippen MR) is 113 cm³/mol. The highest BCUT2D eigenvalue weighted by Gasteiger charge is 2.42. The summed E-state index contributed by atoms with van der Waals surface area (Å²) in [7, 11) is -0.624. The molecule has 9 heteroatoms. The van der Waals surface area contributed by atoms with Gasteiger partial charge in [-0.1, -0.05) is 30.3 Å². The van der Waals surface area contributed by atoms with Crippen molar-refractivity contribution in [3.63, 3.8) is 0 Å². The Hall–Kier alpha value is -3.04. The zero-order valence-corrected chi connectivity index (χ0v) is 18.2. The molecule has 3 rings (SSSR count). The maximum Gasteiger partial charge on any atom is 0.254 e. The molecule has 8 nitrogen and oxygen atoms in total. The van der Waals surface area contributed by atoms with Crippen molar-refractivity contribution in [1.82, 2.24) is 9.80 Å². The van der Waals surface area contributed by atoms with E-state index in [9.17, 15) is 22.8 Å². The smallest absolute Gasteiger partial charge is 0.254 e. The normalized spacial score (nSPS) is 16.6. The largest absolute Gasteiger partial charge is 0.384 e. The Morgan fingerprint density at radius 2 is 1.74 bits per heavy atom. The minimum Gasteiger partial charge on any atom is -0.384 e. The molecule has 3 amide bonds. The van der Waals surface area contributed by atoms with E-state index in [1.165, 1.54) is 43.3 Å². The SMILES string of the molecule is COCCS(=O)(=O)c1ccc(C(=O)N(C)[C@H]2CC(=O)N(Cc3ccccc3)C2=O)cc1. The third kappa shape index (κ3) is 5.00. The van der Waals surface area contributed by atoms with Crippen LogP contribution in [0, 0.1) is 0 Å². The second-order valence-electron chi connectivity index (χ2n) is 7.28. The molecule has 1 saturated heterocycles. The molecular formula is C22H24N2O6S. The number of amides is 3. The van der Waals surface area contributed by atoms with Gasteiger partial charge in [-0.3, -0.25) is 19.3 Å². The van der Waals surface area contributed by atoms with Gasteiger partial charge in [0, 0.05) is 19.7 Å². The minimum absolute atomic E-state index is 0.0725. The van der Waals surface area contributed by atoms with Crippen LogP contribution in [0.4, 0.5) is 0 Å². The highest BCUT2D eigenvalue weighted by molar-refractivity contribution is 7.91. The third-order valence-electron chi connectivity index (χ3n) is 5.21. The van der Waals surface area contributed by atoms with Crippen molar-refractivity contribution in [1.29, 1.82) is 0 Å². The first-order valence-electron chi connectivity index (χ1n) is 9.71. The molecule has 0 spiro atoms. The van der Waals surface area contributed by atoms with Crippen molar-refractivity contribution in [2.24, 2.45) is 0 Å². The Kier molecular flexibility index (Phi) is 6.87. The number of rotatable bonds is 8. The van der Waals surface area contributed by atoms with Gasteiger partial charge in [0.05, 0.1) is 30.2 Å². The summed E-state index contributed by atoms with van der Waals surface area (Å²) in [5, 5.41) is 0. The van der Waals surface area contributed by atoms with E-state index in [-0.39, 0.29) is 41.7 Å². The number of carbonyl (C=O) groups is 3. The van der Waals surface area contributed by atoms with E-state index in [0.29, 0.717) is 0 Å². The van der Waals surface area contributed by atoms with E-state index in [4.69, 9.17) is 4.74 Å². The molecule has 31 heavy (non-hydrogen) atoms. The van der Waals surface area contributed by atoms with Gasteiger partial charge in [-0.05, 0) is 29.8 Å². The molecule has 0 saturated carbocycles. The molecule has 1 aliphatic heterocycles. The standard InChI is InChI=1S/C22H24N2O6S/c1-23(19-14-20(25)24(22(19)27)15-16-6-4-3-5-7-16)21(26)17-8-10-18(11-9-17)31(28,29)13-12-30-2/h3-11,19H,12-15H2,1-2H3/t19-/m0/s1. The first-order valence-corrected chi connectivity index (χ1v) is 11.4. The van der Waals surface area contributed by atoms with Crippen molar-refractivity contribution in [3.05, 3.63) is 65.7 Å². The van der Waals surface area contributed by atoms with Gasteiger partial charge in [0.2, 0.25) is 5.91 Å². The molecule has 1 heterocycles. The average molecular weight is 445 g/mol. The number of carbonyl (C=O) groups excluding carboxylic acids is 3. The summed E-state index contributed by atoms with van der Waals surface area (Å²) in [5.74, 6) is -1.39. The van der Waals surface area contributed by atoms with Crippen LogP contribution < -0.4 is 0 Å². The van der Waals surface area contributed by atoms with E-state index in [1.807, 2.05) is 30.3 Å². The molecule has 0 aliphatic carbocycles. The lowest BCUT2D eigenvalue weighted by molar-refractivity contribution is -0.140. The maximum atomic E-state index is 12.9. The van der Waals surface area contributed by atoms with Crippen LogP contribution in [-0.4, -0.2) is 68.5 Å². The molecule has 0 unspecified atom stereocenters. The van der Waals surface area contributed by atoms with Crippen LogP contribution in [0.15, 0.2) is 59.5 Å². The summed E-state index contributed by atoms with van der Waals surface area (Å²) in [6.45, 7) is 0.230. The van der Waals surface area contributed by atoms with Crippen molar-refractivity contribution in [3.8, 4) is 0 Å². The summed E-state index contributed by atoms with van der Waals surface area (Å²) >= 11 is 0. The molecule has 0 bridgehead atoms. The fourth-order valence-corrected chi connectivity index (χ4v) is 4.53. The molecule has 0 N–H and O–H groups in total. The Labute approximate surface area is 181 Å². The maximum absolute atomic E-state index is 12.9. The second-order valence-corrected chi connectivity index (χ2v) is 9.38. The van der Waals surface area contributed by atoms with Crippen molar-refractivity contribution in [2.75, 3.05) is 26.5 Å². The monoisotopic (exact) mass is 444 g/mol. The van der Waals surface area contributed by atoms with E-state index >= 15 is 0 Å². The summed E-state index contributed by atoms with van der Waals surface area (Å²) in [6, 6.07) is 13.8. The van der Waals surface area contributed by atoms with Crippen LogP contribution in [0.3, 0.4) is 0 Å². The van der Waals surface area contributed by atoms with Crippen LogP contribution in [0.1, 0.15) is 22.3 Å². The minimum atomic E-state index is -3.51.